The summed E-state index contributed by atoms with van der Waals surface area (Å²) in [4.78, 5) is 19.1. The first-order chi connectivity index (χ1) is 13.6. The van der Waals surface area contributed by atoms with Gasteiger partial charge in [0, 0.05) is 25.8 Å². The van der Waals surface area contributed by atoms with Gasteiger partial charge in [-0.25, -0.2) is 8.42 Å². The normalized spacial score (nSPS) is 21.6. The van der Waals surface area contributed by atoms with Gasteiger partial charge in [0.05, 0.1) is 33.3 Å². The molecule has 0 aliphatic carbocycles. The number of fused-ring (bicyclic) bond motifs is 3. The van der Waals surface area contributed by atoms with Crippen molar-refractivity contribution >= 4 is 15.9 Å². The summed E-state index contributed by atoms with van der Waals surface area (Å²) in [5.74, 6) is -0.0878. The van der Waals surface area contributed by atoms with Crippen LogP contribution in [0.5, 0.6) is 0 Å². The lowest BCUT2D eigenvalue weighted by Crippen LogP contribution is -2.58. The highest BCUT2D eigenvalue weighted by molar-refractivity contribution is 7.89. The fraction of sp³-hybridized carbons (Fsp3) is 0.381. The van der Waals surface area contributed by atoms with Crippen molar-refractivity contribution in [2.45, 2.75) is 38.1 Å². The monoisotopic (exact) mass is 410 g/mol. The van der Waals surface area contributed by atoms with Gasteiger partial charge in [0.15, 0.2) is 0 Å². The van der Waals surface area contributed by atoms with Gasteiger partial charge in [-0.1, -0.05) is 0 Å². The molecule has 2 aliphatic rings. The number of rotatable bonds is 2. The second-order valence-electron chi connectivity index (χ2n) is 7.93. The second kappa shape index (κ2) is 6.37. The second-order valence-corrected chi connectivity index (χ2v) is 9.87. The molecule has 1 aromatic carbocycles. The van der Waals surface area contributed by atoms with Crippen LogP contribution in [0.15, 0.2) is 29.3 Å². The van der Waals surface area contributed by atoms with Crippen LogP contribution >= 0.6 is 0 Å². The third-order valence-electron chi connectivity index (χ3n) is 6.09. The van der Waals surface area contributed by atoms with E-state index in [4.69, 9.17) is 0 Å². The van der Waals surface area contributed by atoms with Gasteiger partial charge in [-0.2, -0.15) is 9.57 Å². The number of aryl methyl sites for hydroxylation is 3. The number of benzene rings is 1. The summed E-state index contributed by atoms with van der Waals surface area (Å²) < 4.78 is 28.3. The Labute approximate surface area is 170 Å². The number of amides is 1. The third kappa shape index (κ3) is 2.69. The SMILES string of the molecule is Cc1cc(S(=O)(=O)N2CCN3C(=O)c4c(ccnc4C)C3(C)C2)cc(C)c1C#N. The summed E-state index contributed by atoms with van der Waals surface area (Å²) in [7, 11) is -3.77. The topological polar surface area (TPSA) is 94.4 Å². The summed E-state index contributed by atoms with van der Waals surface area (Å²) >= 11 is 0. The standard InChI is InChI=1S/C21H22N4O3S/c1-13-9-16(10-14(2)17(13)11-22)29(27,28)24-7-8-25-20(26)19-15(3)23-6-5-18(19)21(25,4)12-24/h5-6,9-10H,7-8,12H2,1-4H3. The van der Waals surface area contributed by atoms with Gasteiger partial charge < -0.3 is 4.90 Å². The lowest BCUT2D eigenvalue weighted by Gasteiger charge is -2.44. The van der Waals surface area contributed by atoms with Gasteiger partial charge in [0.1, 0.15) is 0 Å². The highest BCUT2D eigenvalue weighted by Gasteiger charge is 2.52. The first-order valence-corrected chi connectivity index (χ1v) is 10.8. The molecule has 1 aromatic heterocycles. The van der Waals surface area contributed by atoms with Crippen molar-refractivity contribution in [3.63, 3.8) is 0 Å². The Balaban J connectivity index is 1.76. The summed E-state index contributed by atoms with van der Waals surface area (Å²) in [6.07, 6.45) is 1.66. The van der Waals surface area contributed by atoms with E-state index in [0.29, 0.717) is 34.5 Å². The number of nitriles is 1. The number of carbonyl (C=O) groups excluding carboxylic acids is 1. The van der Waals surface area contributed by atoms with Crippen LogP contribution in [0.3, 0.4) is 0 Å². The largest absolute Gasteiger partial charge is 0.326 e. The molecule has 3 heterocycles. The molecule has 7 nitrogen and oxygen atoms in total. The molecule has 1 unspecified atom stereocenters. The molecule has 0 bridgehead atoms. The van der Waals surface area contributed by atoms with Gasteiger partial charge >= 0.3 is 0 Å². The molecule has 0 radical (unpaired) electrons. The van der Waals surface area contributed by atoms with Gasteiger partial charge in [-0.3, -0.25) is 9.78 Å². The first kappa shape index (κ1) is 19.6. The zero-order valence-electron chi connectivity index (χ0n) is 16.9. The molecule has 2 aliphatic heterocycles. The Hall–Kier alpha value is -2.76. The minimum Gasteiger partial charge on any atom is -0.326 e. The fourth-order valence-corrected chi connectivity index (χ4v) is 6.24. The molecule has 29 heavy (non-hydrogen) atoms. The van der Waals surface area contributed by atoms with Gasteiger partial charge in [0.25, 0.3) is 5.91 Å². The molecule has 1 amide bonds. The fourth-order valence-electron chi connectivity index (χ4n) is 4.55. The van der Waals surface area contributed by atoms with E-state index in [9.17, 15) is 18.5 Å². The van der Waals surface area contributed by atoms with E-state index in [1.54, 1.807) is 44.0 Å². The molecule has 4 rings (SSSR count). The number of hydrogen-bond donors (Lipinski definition) is 0. The highest BCUT2D eigenvalue weighted by Crippen LogP contribution is 2.43. The summed E-state index contributed by atoms with van der Waals surface area (Å²) in [6.45, 7) is 7.91. The maximum Gasteiger partial charge on any atom is 0.256 e. The van der Waals surface area contributed by atoms with E-state index in [1.807, 2.05) is 13.0 Å². The Bertz CT molecular complexity index is 1180. The van der Waals surface area contributed by atoms with Crippen molar-refractivity contribution in [3.05, 3.63) is 57.9 Å². The zero-order chi connectivity index (χ0) is 21.1. The highest BCUT2D eigenvalue weighted by atomic mass is 32.2. The van der Waals surface area contributed by atoms with Crippen molar-refractivity contribution in [1.29, 1.82) is 5.26 Å². The summed E-state index contributed by atoms with van der Waals surface area (Å²) in [6, 6.07) is 7.04. The van der Waals surface area contributed by atoms with E-state index < -0.39 is 15.6 Å². The van der Waals surface area contributed by atoms with Crippen molar-refractivity contribution in [1.82, 2.24) is 14.2 Å². The van der Waals surface area contributed by atoms with Gasteiger partial charge in [-0.15, -0.1) is 0 Å². The number of pyridine rings is 1. The van der Waals surface area contributed by atoms with Crippen LogP contribution in [-0.4, -0.2) is 48.1 Å². The number of hydrogen-bond acceptors (Lipinski definition) is 5. The predicted molar refractivity (Wildman–Crippen MR) is 107 cm³/mol. The molecule has 2 aromatic rings. The van der Waals surface area contributed by atoms with Crippen LogP contribution in [0, 0.1) is 32.1 Å². The van der Waals surface area contributed by atoms with Crippen molar-refractivity contribution in [2.75, 3.05) is 19.6 Å². The lowest BCUT2D eigenvalue weighted by molar-refractivity contribution is 0.0376. The Morgan fingerprint density at radius 3 is 2.45 bits per heavy atom. The number of carbonyl (C=O) groups is 1. The molecule has 8 heteroatoms. The number of sulfonamides is 1. The first-order valence-electron chi connectivity index (χ1n) is 9.41. The average molecular weight is 410 g/mol. The Morgan fingerprint density at radius 2 is 1.83 bits per heavy atom. The summed E-state index contributed by atoms with van der Waals surface area (Å²) in [5, 5.41) is 9.27. The maximum atomic E-state index is 13.4. The molecule has 1 fully saturated rings. The minimum absolute atomic E-state index is 0.0878. The van der Waals surface area contributed by atoms with Gasteiger partial charge in [-0.05, 0) is 62.6 Å². The zero-order valence-corrected chi connectivity index (χ0v) is 17.7. The van der Waals surface area contributed by atoms with Crippen molar-refractivity contribution in [3.8, 4) is 6.07 Å². The molecular weight excluding hydrogens is 388 g/mol. The van der Waals surface area contributed by atoms with E-state index >= 15 is 0 Å². The Morgan fingerprint density at radius 1 is 1.17 bits per heavy atom. The maximum absolute atomic E-state index is 13.4. The average Bonchev–Trinajstić information content (AvgIpc) is 2.89. The summed E-state index contributed by atoms with van der Waals surface area (Å²) in [5.41, 5.74) is 3.11. The molecule has 1 atom stereocenters. The number of piperazine rings is 1. The van der Waals surface area contributed by atoms with Crippen molar-refractivity contribution < 1.29 is 13.2 Å². The Kier molecular flexibility index (Phi) is 4.30. The van der Waals surface area contributed by atoms with Crippen molar-refractivity contribution in [2.24, 2.45) is 0 Å². The van der Waals surface area contributed by atoms with E-state index in [-0.39, 0.29) is 23.9 Å². The predicted octanol–water partition coefficient (Wildman–Crippen LogP) is 2.25. The molecule has 0 saturated carbocycles. The number of aromatic nitrogens is 1. The van der Waals surface area contributed by atoms with Crippen LogP contribution in [0.25, 0.3) is 0 Å². The van der Waals surface area contributed by atoms with Crippen LogP contribution in [0.4, 0.5) is 0 Å². The minimum atomic E-state index is -3.77. The van der Waals surface area contributed by atoms with Crippen LogP contribution < -0.4 is 0 Å². The molecule has 150 valence electrons. The van der Waals surface area contributed by atoms with Gasteiger partial charge in [0.2, 0.25) is 10.0 Å². The molecule has 1 saturated heterocycles. The van der Waals surface area contributed by atoms with Crippen LogP contribution in [-0.2, 0) is 15.6 Å². The van der Waals surface area contributed by atoms with E-state index in [1.165, 1.54) is 4.31 Å². The smallest absolute Gasteiger partial charge is 0.256 e. The molecule has 0 spiro atoms. The molecular formula is C21H22N4O3S. The van der Waals surface area contributed by atoms with Crippen LogP contribution in [0.1, 0.15) is 45.2 Å². The van der Waals surface area contributed by atoms with E-state index in [0.717, 1.165) is 5.56 Å². The lowest BCUT2D eigenvalue weighted by atomic mass is 9.90. The third-order valence-corrected chi connectivity index (χ3v) is 7.91. The van der Waals surface area contributed by atoms with Crippen LogP contribution in [0.2, 0.25) is 0 Å². The quantitative estimate of drug-likeness (QED) is 0.757. The number of nitrogens with zero attached hydrogens (tertiary/aromatic N) is 4. The molecule has 0 N–H and O–H groups in total. The van der Waals surface area contributed by atoms with E-state index in [2.05, 4.69) is 11.1 Å².